The van der Waals surface area contributed by atoms with E-state index in [4.69, 9.17) is 9.84 Å². The van der Waals surface area contributed by atoms with Crippen LogP contribution in [0.3, 0.4) is 0 Å². The van der Waals surface area contributed by atoms with Crippen LogP contribution in [0.1, 0.15) is 39.2 Å². The minimum Gasteiger partial charge on any atom is -0.494 e. The van der Waals surface area contributed by atoms with Gasteiger partial charge in [-0.05, 0) is 48.9 Å². The van der Waals surface area contributed by atoms with Crippen molar-refractivity contribution in [3.05, 3.63) is 29.8 Å². The highest BCUT2D eigenvalue weighted by Gasteiger charge is 2.01. The highest BCUT2D eigenvalue weighted by Crippen LogP contribution is 2.13. The fourth-order valence-electron chi connectivity index (χ4n) is 1.90. The van der Waals surface area contributed by atoms with E-state index in [-0.39, 0.29) is 6.61 Å². The standard InChI is InChI=1S/C17H29NO2/c1-14(2)9-11-20-17-6-4-16(5-7-17)13-18-12-15(3)8-10-19/h4-7,14-15,18-19H,8-13H2,1-3H3. The largest absolute Gasteiger partial charge is 0.494 e. The van der Waals surface area contributed by atoms with E-state index >= 15 is 0 Å². The zero-order valence-electron chi connectivity index (χ0n) is 13.1. The lowest BCUT2D eigenvalue weighted by Gasteiger charge is -2.12. The van der Waals surface area contributed by atoms with Crippen LogP contribution in [-0.2, 0) is 6.54 Å². The molecule has 0 aromatic heterocycles. The van der Waals surface area contributed by atoms with Gasteiger partial charge in [0.1, 0.15) is 5.75 Å². The fourth-order valence-corrected chi connectivity index (χ4v) is 1.90. The summed E-state index contributed by atoms with van der Waals surface area (Å²) in [6.45, 7) is 9.41. The van der Waals surface area contributed by atoms with Crippen molar-refractivity contribution in [2.24, 2.45) is 11.8 Å². The maximum atomic E-state index is 8.85. The Morgan fingerprint density at radius 3 is 2.40 bits per heavy atom. The molecule has 1 unspecified atom stereocenters. The van der Waals surface area contributed by atoms with Crippen molar-refractivity contribution in [1.82, 2.24) is 5.32 Å². The summed E-state index contributed by atoms with van der Waals surface area (Å²) in [6, 6.07) is 8.28. The molecule has 0 fully saturated rings. The van der Waals surface area contributed by atoms with E-state index in [0.29, 0.717) is 11.8 Å². The van der Waals surface area contributed by atoms with Crippen LogP contribution >= 0.6 is 0 Å². The Hall–Kier alpha value is -1.06. The van der Waals surface area contributed by atoms with Gasteiger partial charge < -0.3 is 15.2 Å². The van der Waals surface area contributed by atoms with E-state index in [1.165, 1.54) is 5.56 Å². The van der Waals surface area contributed by atoms with Gasteiger partial charge in [-0.1, -0.05) is 32.9 Å². The molecular formula is C17H29NO2. The second kappa shape index (κ2) is 9.78. The highest BCUT2D eigenvalue weighted by atomic mass is 16.5. The van der Waals surface area contributed by atoms with Gasteiger partial charge in [-0.15, -0.1) is 0 Å². The summed E-state index contributed by atoms with van der Waals surface area (Å²) in [5.74, 6) is 2.14. The molecule has 0 heterocycles. The van der Waals surface area contributed by atoms with Gasteiger partial charge in [-0.3, -0.25) is 0 Å². The van der Waals surface area contributed by atoms with Gasteiger partial charge >= 0.3 is 0 Å². The van der Waals surface area contributed by atoms with Gasteiger partial charge in [0.05, 0.1) is 6.61 Å². The molecule has 0 radical (unpaired) electrons. The summed E-state index contributed by atoms with van der Waals surface area (Å²) in [7, 11) is 0. The Morgan fingerprint density at radius 1 is 1.10 bits per heavy atom. The molecule has 1 rings (SSSR count). The first-order valence-corrected chi connectivity index (χ1v) is 7.65. The smallest absolute Gasteiger partial charge is 0.119 e. The van der Waals surface area contributed by atoms with Crippen molar-refractivity contribution < 1.29 is 9.84 Å². The quantitative estimate of drug-likeness (QED) is 0.691. The summed E-state index contributed by atoms with van der Waals surface area (Å²) in [4.78, 5) is 0. The SMILES string of the molecule is CC(C)CCOc1ccc(CNCC(C)CCO)cc1. The molecule has 0 bridgehead atoms. The van der Waals surface area contributed by atoms with E-state index in [0.717, 1.165) is 38.3 Å². The van der Waals surface area contributed by atoms with Gasteiger partial charge in [0.15, 0.2) is 0 Å². The van der Waals surface area contributed by atoms with Crippen LogP contribution in [-0.4, -0.2) is 24.9 Å². The molecule has 114 valence electrons. The van der Waals surface area contributed by atoms with Gasteiger partial charge in [-0.2, -0.15) is 0 Å². The Labute approximate surface area is 123 Å². The monoisotopic (exact) mass is 279 g/mol. The summed E-state index contributed by atoms with van der Waals surface area (Å²) in [5.41, 5.74) is 1.26. The summed E-state index contributed by atoms with van der Waals surface area (Å²) < 4.78 is 5.70. The number of hydrogen-bond donors (Lipinski definition) is 2. The molecule has 3 nitrogen and oxygen atoms in total. The summed E-state index contributed by atoms with van der Waals surface area (Å²) in [5, 5.41) is 12.3. The molecule has 1 aromatic carbocycles. The van der Waals surface area contributed by atoms with Crippen molar-refractivity contribution in [1.29, 1.82) is 0 Å². The second-order valence-corrected chi connectivity index (χ2v) is 5.92. The highest BCUT2D eigenvalue weighted by molar-refractivity contribution is 5.27. The predicted octanol–water partition coefficient (Wildman–Crippen LogP) is 3.22. The Morgan fingerprint density at radius 2 is 1.80 bits per heavy atom. The molecule has 1 aromatic rings. The number of rotatable bonds is 10. The van der Waals surface area contributed by atoms with Crippen molar-refractivity contribution in [2.45, 2.75) is 40.2 Å². The topological polar surface area (TPSA) is 41.5 Å². The minimum atomic E-state index is 0.269. The van der Waals surface area contributed by atoms with Crippen molar-refractivity contribution in [3.63, 3.8) is 0 Å². The van der Waals surface area contributed by atoms with Crippen molar-refractivity contribution in [3.8, 4) is 5.75 Å². The van der Waals surface area contributed by atoms with Crippen molar-refractivity contribution in [2.75, 3.05) is 19.8 Å². The molecule has 0 spiro atoms. The maximum absolute atomic E-state index is 8.85. The molecule has 0 aliphatic rings. The molecular weight excluding hydrogens is 250 g/mol. The molecule has 1 atom stereocenters. The first-order chi connectivity index (χ1) is 9.61. The van der Waals surface area contributed by atoms with Gasteiger partial charge in [0, 0.05) is 13.2 Å². The van der Waals surface area contributed by atoms with Crippen molar-refractivity contribution >= 4 is 0 Å². The van der Waals surface area contributed by atoms with Gasteiger partial charge in [0.2, 0.25) is 0 Å². The van der Waals surface area contributed by atoms with Crippen LogP contribution in [0, 0.1) is 11.8 Å². The molecule has 2 N–H and O–H groups in total. The Kier molecular flexibility index (Phi) is 8.31. The lowest BCUT2D eigenvalue weighted by molar-refractivity contribution is 0.260. The third-order valence-corrected chi connectivity index (χ3v) is 3.33. The Bertz CT molecular complexity index is 349. The molecule has 3 heteroatoms. The lowest BCUT2D eigenvalue weighted by atomic mass is 10.1. The first kappa shape index (κ1) is 17.0. The van der Waals surface area contributed by atoms with Crippen LogP contribution in [0.4, 0.5) is 0 Å². The van der Waals surface area contributed by atoms with E-state index in [1.54, 1.807) is 0 Å². The number of aliphatic hydroxyl groups is 1. The van der Waals surface area contributed by atoms with Crippen LogP contribution in [0.5, 0.6) is 5.75 Å². The summed E-state index contributed by atoms with van der Waals surface area (Å²) >= 11 is 0. The average molecular weight is 279 g/mol. The zero-order valence-corrected chi connectivity index (χ0v) is 13.1. The van der Waals surface area contributed by atoms with Crippen LogP contribution in [0.15, 0.2) is 24.3 Å². The fraction of sp³-hybridized carbons (Fsp3) is 0.647. The molecule has 0 saturated heterocycles. The maximum Gasteiger partial charge on any atom is 0.119 e. The molecule has 0 aliphatic carbocycles. The van der Waals surface area contributed by atoms with E-state index in [1.807, 2.05) is 12.1 Å². The average Bonchev–Trinajstić information content (AvgIpc) is 2.40. The van der Waals surface area contributed by atoms with E-state index in [9.17, 15) is 0 Å². The van der Waals surface area contributed by atoms with Gasteiger partial charge in [0.25, 0.3) is 0 Å². The van der Waals surface area contributed by atoms with Gasteiger partial charge in [-0.25, -0.2) is 0 Å². The number of hydrogen-bond acceptors (Lipinski definition) is 3. The number of nitrogens with one attached hydrogen (secondary N) is 1. The first-order valence-electron chi connectivity index (χ1n) is 7.65. The van der Waals surface area contributed by atoms with Crippen LogP contribution < -0.4 is 10.1 Å². The molecule has 0 amide bonds. The molecule has 0 saturated carbocycles. The minimum absolute atomic E-state index is 0.269. The normalized spacial score (nSPS) is 12.7. The third kappa shape index (κ3) is 7.51. The van der Waals surface area contributed by atoms with E-state index in [2.05, 4.69) is 38.2 Å². The van der Waals surface area contributed by atoms with E-state index < -0.39 is 0 Å². The Balaban J connectivity index is 2.24. The third-order valence-electron chi connectivity index (χ3n) is 3.33. The number of benzene rings is 1. The lowest BCUT2D eigenvalue weighted by Crippen LogP contribution is -2.21. The number of ether oxygens (including phenoxy) is 1. The van der Waals surface area contributed by atoms with Crippen LogP contribution in [0.2, 0.25) is 0 Å². The zero-order chi connectivity index (χ0) is 14.8. The molecule has 20 heavy (non-hydrogen) atoms. The predicted molar refractivity (Wildman–Crippen MR) is 84.0 cm³/mol. The number of aliphatic hydroxyl groups excluding tert-OH is 1. The molecule has 0 aliphatic heterocycles. The van der Waals surface area contributed by atoms with Crippen LogP contribution in [0.25, 0.3) is 0 Å². The second-order valence-electron chi connectivity index (χ2n) is 5.92. The summed E-state index contributed by atoms with van der Waals surface area (Å²) in [6.07, 6.45) is 1.95.